The average molecular weight is 201 g/mol. The molecule has 1 heterocycles. The molecule has 0 bridgehead atoms. The Morgan fingerprint density at radius 2 is 2.46 bits per heavy atom. The maximum Gasteiger partial charge on any atom is 0.109 e. The smallest absolute Gasteiger partial charge is 0.109 e. The van der Waals surface area contributed by atoms with Crippen LogP contribution in [-0.4, -0.2) is 16.7 Å². The van der Waals surface area contributed by atoms with E-state index in [9.17, 15) is 5.11 Å². The zero-order valence-electron chi connectivity index (χ0n) is 7.31. The topological polar surface area (TPSA) is 62.0 Å². The van der Waals surface area contributed by atoms with Gasteiger partial charge in [0.05, 0.1) is 12.1 Å². The Morgan fingerprint density at radius 3 is 3.15 bits per heavy atom. The Morgan fingerprint density at radius 1 is 1.69 bits per heavy atom. The first-order valence-corrected chi connectivity index (χ1v) is 4.81. The third-order valence-corrected chi connectivity index (χ3v) is 3.14. The maximum absolute atomic E-state index is 9.22. The molecule has 0 aromatic carbocycles. The highest BCUT2D eigenvalue weighted by Gasteiger charge is 2.33. The Kier molecular flexibility index (Phi) is 2.10. The van der Waals surface area contributed by atoms with Crippen molar-refractivity contribution >= 4 is 11.6 Å². The molecule has 4 N–H and O–H groups in total. The molecule has 72 valence electrons. The van der Waals surface area contributed by atoms with Gasteiger partial charge in [-0.2, -0.15) is 0 Å². The Labute approximate surface area is 81.9 Å². The van der Waals surface area contributed by atoms with Gasteiger partial charge in [-0.15, -0.1) is 0 Å². The van der Waals surface area contributed by atoms with Gasteiger partial charge in [-0.1, -0.05) is 11.6 Å². The van der Waals surface area contributed by atoms with Crippen molar-refractivity contribution in [3.63, 3.8) is 0 Å². The van der Waals surface area contributed by atoms with Crippen molar-refractivity contribution < 1.29 is 5.11 Å². The first-order valence-electron chi connectivity index (χ1n) is 4.43. The van der Waals surface area contributed by atoms with Crippen LogP contribution in [0.15, 0.2) is 6.20 Å². The largest absolute Gasteiger partial charge is 0.394 e. The molecule has 1 unspecified atom stereocenters. The maximum atomic E-state index is 9.22. The fraction of sp³-hybridized carbons (Fsp3) is 0.556. The third kappa shape index (κ3) is 1.27. The van der Waals surface area contributed by atoms with Crippen LogP contribution in [-0.2, 0) is 12.0 Å². The number of fused-ring (bicyclic) bond motifs is 1. The molecule has 1 aliphatic carbocycles. The van der Waals surface area contributed by atoms with Gasteiger partial charge >= 0.3 is 0 Å². The third-order valence-electron chi connectivity index (χ3n) is 2.80. The molecular weight excluding hydrogens is 188 g/mol. The second-order valence-electron chi connectivity index (χ2n) is 3.66. The number of nitrogens with one attached hydrogen (secondary N) is 1. The Bertz CT molecular complexity index is 323. The van der Waals surface area contributed by atoms with E-state index in [2.05, 4.69) is 4.98 Å². The summed E-state index contributed by atoms with van der Waals surface area (Å²) in [6, 6.07) is 0. The minimum Gasteiger partial charge on any atom is -0.394 e. The second-order valence-corrected chi connectivity index (χ2v) is 4.04. The van der Waals surface area contributed by atoms with E-state index in [4.69, 9.17) is 17.3 Å². The minimum absolute atomic E-state index is 0.0197. The SMILES string of the molecule is NC1(CO)CCCc2c1c[nH]c2Cl. The van der Waals surface area contributed by atoms with E-state index in [1.807, 2.05) is 6.20 Å². The highest BCUT2D eigenvalue weighted by Crippen LogP contribution is 2.36. The number of halogens is 1. The van der Waals surface area contributed by atoms with Crippen molar-refractivity contribution in [3.8, 4) is 0 Å². The summed E-state index contributed by atoms with van der Waals surface area (Å²) < 4.78 is 0. The Hall–Kier alpha value is -0.510. The lowest BCUT2D eigenvalue weighted by Gasteiger charge is -2.31. The van der Waals surface area contributed by atoms with Gasteiger partial charge in [-0.05, 0) is 30.4 Å². The first-order chi connectivity index (χ1) is 6.17. The van der Waals surface area contributed by atoms with Crippen molar-refractivity contribution in [1.82, 2.24) is 4.98 Å². The fourth-order valence-electron chi connectivity index (χ4n) is 2.00. The number of H-pyrrole nitrogens is 1. The summed E-state index contributed by atoms with van der Waals surface area (Å²) in [6.45, 7) is -0.0197. The van der Waals surface area contributed by atoms with Gasteiger partial charge in [-0.3, -0.25) is 0 Å². The van der Waals surface area contributed by atoms with Crippen LogP contribution < -0.4 is 5.73 Å². The van der Waals surface area contributed by atoms with Crippen LogP contribution in [0.5, 0.6) is 0 Å². The van der Waals surface area contributed by atoms with Gasteiger partial charge in [0.1, 0.15) is 5.15 Å². The molecule has 4 heteroatoms. The molecule has 0 spiro atoms. The van der Waals surface area contributed by atoms with Crippen molar-refractivity contribution in [1.29, 1.82) is 0 Å². The quantitative estimate of drug-likeness (QED) is 0.637. The molecule has 2 rings (SSSR count). The first kappa shape index (κ1) is 9.06. The molecule has 1 aromatic rings. The summed E-state index contributed by atoms with van der Waals surface area (Å²) in [7, 11) is 0. The standard InChI is InChI=1S/C9H13ClN2O/c10-8-6-2-1-3-9(11,5-13)7(6)4-12-8/h4,12-13H,1-3,5,11H2. The zero-order valence-corrected chi connectivity index (χ0v) is 8.06. The number of hydrogen-bond acceptors (Lipinski definition) is 2. The Balaban J connectivity index is 2.49. The molecule has 0 saturated carbocycles. The number of hydrogen-bond donors (Lipinski definition) is 3. The summed E-state index contributed by atoms with van der Waals surface area (Å²) >= 11 is 5.95. The molecule has 0 aliphatic heterocycles. The summed E-state index contributed by atoms with van der Waals surface area (Å²) in [5.74, 6) is 0. The molecule has 1 aromatic heterocycles. The molecular formula is C9H13ClN2O. The molecule has 0 amide bonds. The van der Waals surface area contributed by atoms with Gasteiger partial charge in [0.15, 0.2) is 0 Å². The zero-order chi connectivity index (χ0) is 9.47. The second kappa shape index (κ2) is 3.01. The van der Waals surface area contributed by atoms with Gasteiger partial charge in [0, 0.05) is 6.20 Å². The molecule has 0 saturated heterocycles. The number of aliphatic hydroxyl groups is 1. The van der Waals surface area contributed by atoms with E-state index in [0.717, 1.165) is 30.4 Å². The molecule has 0 fully saturated rings. The lowest BCUT2D eigenvalue weighted by Crippen LogP contribution is -2.42. The number of aromatic nitrogens is 1. The normalized spacial score (nSPS) is 27.3. The van der Waals surface area contributed by atoms with Crippen LogP contribution >= 0.6 is 11.6 Å². The predicted molar refractivity (Wildman–Crippen MR) is 51.7 cm³/mol. The van der Waals surface area contributed by atoms with Crippen molar-refractivity contribution in [2.75, 3.05) is 6.61 Å². The van der Waals surface area contributed by atoms with E-state index < -0.39 is 5.54 Å². The summed E-state index contributed by atoms with van der Waals surface area (Å²) in [5.41, 5.74) is 7.52. The lowest BCUT2D eigenvalue weighted by atomic mass is 9.80. The highest BCUT2D eigenvalue weighted by atomic mass is 35.5. The fourth-order valence-corrected chi connectivity index (χ4v) is 2.25. The number of aliphatic hydroxyl groups excluding tert-OH is 1. The average Bonchev–Trinajstić information content (AvgIpc) is 2.50. The van der Waals surface area contributed by atoms with Gasteiger partial charge in [0.25, 0.3) is 0 Å². The molecule has 1 atom stereocenters. The van der Waals surface area contributed by atoms with E-state index >= 15 is 0 Å². The predicted octanol–water partition coefficient (Wildman–Crippen LogP) is 1.15. The van der Waals surface area contributed by atoms with Crippen LogP contribution in [0.1, 0.15) is 24.0 Å². The van der Waals surface area contributed by atoms with Crippen LogP contribution in [0.25, 0.3) is 0 Å². The number of nitrogens with two attached hydrogens (primary N) is 1. The van der Waals surface area contributed by atoms with Crippen LogP contribution in [0.2, 0.25) is 5.15 Å². The van der Waals surface area contributed by atoms with E-state index in [1.165, 1.54) is 0 Å². The monoisotopic (exact) mass is 200 g/mol. The minimum atomic E-state index is -0.586. The molecule has 0 radical (unpaired) electrons. The van der Waals surface area contributed by atoms with Gasteiger partial charge < -0.3 is 15.8 Å². The molecule has 1 aliphatic rings. The van der Waals surface area contributed by atoms with Gasteiger partial charge in [0.2, 0.25) is 0 Å². The van der Waals surface area contributed by atoms with Crippen LogP contribution in [0.3, 0.4) is 0 Å². The van der Waals surface area contributed by atoms with E-state index in [-0.39, 0.29) is 6.61 Å². The highest BCUT2D eigenvalue weighted by molar-refractivity contribution is 6.30. The van der Waals surface area contributed by atoms with Gasteiger partial charge in [-0.25, -0.2) is 0 Å². The van der Waals surface area contributed by atoms with E-state index in [1.54, 1.807) is 0 Å². The van der Waals surface area contributed by atoms with Crippen molar-refractivity contribution in [2.24, 2.45) is 5.73 Å². The lowest BCUT2D eigenvalue weighted by molar-refractivity contribution is 0.179. The van der Waals surface area contributed by atoms with E-state index in [0.29, 0.717) is 5.15 Å². The van der Waals surface area contributed by atoms with Crippen LogP contribution in [0.4, 0.5) is 0 Å². The summed E-state index contributed by atoms with van der Waals surface area (Å²) in [6.07, 6.45) is 4.58. The summed E-state index contributed by atoms with van der Waals surface area (Å²) in [4.78, 5) is 2.94. The van der Waals surface area contributed by atoms with Crippen molar-refractivity contribution in [2.45, 2.75) is 24.8 Å². The number of aromatic amines is 1. The van der Waals surface area contributed by atoms with Crippen molar-refractivity contribution in [3.05, 3.63) is 22.5 Å². The molecule has 13 heavy (non-hydrogen) atoms. The summed E-state index contributed by atoms with van der Waals surface area (Å²) in [5, 5.41) is 9.89. The van der Waals surface area contributed by atoms with Crippen LogP contribution in [0, 0.1) is 0 Å². The molecule has 3 nitrogen and oxygen atoms in total. The number of rotatable bonds is 1.